The summed E-state index contributed by atoms with van der Waals surface area (Å²) in [5.41, 5.74) is 8.79. The Bertz CT molecular complexity index is 1120. The van der Waals surface area contributed by atoms with Crippen LogP contribution in [-0.2, 0) is 0 Å². The lowest BCUT2D eigenvalue weighted by atomic mass is 10.2. The zero-order valence-electron chi connectivity index (χ0n) is 19.6. The third-order valence-corrected chi connectivity index (χ3v) is 7.60. The number of rotatable bonds is 7. The van der Waals surface area contributed by atoms with Crippen LogP contribution in [0.4, 0.5) is 22.7 Å². The second-order valence-corrected chi connectivity index (χ2v) is 10.6. The maximum atomic E-state index is 5.26. The van der Waals surface area contributed by atoms with E-state index in [4.69, 9.17) is 4.74 Å². The van der Waals surface area contributed by atoms with Crippen molar-refractivity contribution < 1.29 is 0 Å². The van der Waals surface area contributed by atoms with Crippen molar-refractivity contribution in [2.45, 2.75) is 27.7 Å². The molecule has 0 amide bonds. The molecule has 0 saturated carbocycles. The highest BCUT2D eigenvalue weighted by molar-refractivity contribution is 7.70. The molecule has 33 heavy (non-hydrogen) atoms. The molecule has 168 valence electrons. The SMILES string of the molecule is Cc1ccc(N=P(Nc2ccc(C)cc2)(Nc2ccc(C)cc2)Nc2ccc(C)cc2)cc1. The van der Waals surface area contributed by atoms with Gasteiger partial charge in [0.2, 0.25) is 7.51 Å². The highest BCUT2D eigenvalue weighted by Crippen LogP contribution is 2.51. The lowest BCUT2D eigenvalue weighted by Crippen LogP contribution is -2.14. The first-order chi connectivity index (χ1) is 15.9. The van der Waals surface area contributed by atoms with Crippen LogP contribution < -0.4 is 15.3 Å². The fraction of sp³-hybridized carbons (Fsp3) is 0.143. The summed E-state index contributed by atoms with van der Waals surface area (Å²) < 4.78 is 5.26. The van der Waals surface area contributed by atoms with E-state index in [0.717, 1.165) is 22.7 Å². The highest BCUT2D eigenvalue weighted by Gasteiger charge is 2.21. The molecule has 4 nitrogen and oxygen atoms in total. The molecule has 0 atom stereocenters. The maximum absolute atomic E-state index is 5.26. The van der Waals surface area contributed by atoms with Crippen LogP contribution in [0.3, 0.4) is 0 Å². The van der Waals surface area contributed by atoms with Crippen molar-refractivity contribution in [1.29, 1.82) is 0 Å². The molecule has 0 aliphatic heterocycles. The van der Waals surface area contributed by atoms with Gasteiger partial charge in [-0.15, -0.1) is 0 Å². The molecule has 4 rings (SSSR count). The van der Waals surface area contributed by atoms with Gasteiger partial charge in [0.05, 0.1) is 5.69 Å². The Morgan fingerprint density at radius 1 is 0.424 bits per heavy atom. The summed E-state index contributed by atoms with van der Waals surface area (Å²) in [6.07, 6.45) is 0. The minimum atomic E-state index is -2.57. The quantitative estimate of drug-likeness (QED) is 0.244. The van der Waals surface area contributed by atoms with Crippen molar-refractivity contribution in [3.05, 3.63) is 119 Å². The van der Waals surface area contributed by atoms with E-state index >= 15 is 0 Å². The predicted octanol–water partition coefficient (Wildman–Crippen LogP) is 8.83. The second-order valence-electron chi connectivity index (χ2n) is 8.50. The van der Waals surface area contributed by atoms with E-state index < -0.39 is 7.51 Å². The molecule has 3 N–H and O–H groups in total. The Hall–Kier alpha value is -3.49. The molecule has 0 bridgehead atoms. The summed E-state index contributed by atoms with van der Waals surface area (Å²) in [5, 5.41) is 11.2. The van der Waals surface area contributed by atoms with Crippen molar-refractivity contribution in [1.82, 2.24) is 0 Å². The number of aryl methyl sites for hydroxylation is 4. The summed E-state index contributed by atoms with van der Waals surface area (Å²) in [6.45, 7) is 8.37. The first-order valence-corrected chi connectivity index (χ1v) is 12.9. The number of nitrogens with one attached hydrogen (secondary N) is 3. The standard InChI is InChI=1S/C28H31N4P/c1-21-5-13-25(14-6-21)29-33(30-26-15-7-22(2)8-16-26,31-27-17-9-23(3)10-18-27)32-28-19-11-24(4)12-20-28/h5-20,29-31H,1-4H3. The monoisotopic (exact) mass is 454 g/mol. The number of hydrogen-bond acceptors (Lipinski definition) is 1. The Kier molecular flexibility index (Phi) is 6.86. The van der Waals surface area contributed by atoms with Crippen molar-refractivity contribution in [3.8, 4) is 0 Å². The van der Waals surface area contributed by atoms with E-state index in [1.54, 1.807) is 0 Å². The molecule has 4 aromatic carbocycles. The first kappa shape index (κ1) is 22.7. The van der Waals surface area contributed by atoms with E-state index in [1.165, 1.54) is 22.3 Å². The molecular weight excluding hydrogens is 423 g/mol. The average Bonchev–Trinajstić information content (AvgIpc) is 2.80. The predicted molar refractivity (Wildman–Crippen MR) is 145 cm³/mol. The molecule has 0 aromatic heterocycles. The molecular formula is C28H31N4P. The lowest BCUT2D eigenvalue weighted by molar-refractivity contribution is 1.42. The fourth-order valence-electron chi connectivity index (χ4n) is 3.39. The lowest BCUT2D eigenvalue weighted by Gasteiger charge is -2.30. The Balaban J connectivity index is 1.85. The molecule has 0 aliphatic rings. The van der Waals surface area contributed by atoms with Crippen molar-refractivity contribution in [3.63, 3.8) is 0 Å². The van der Waals surface area contributed by atoms with E-state index in [2.05, 4.69) is 140 Å². The van der Waals surface area contributed by atoms with Crippen LogP contribution in [-0.4, -0.2) is 0 Å². The van der Waals surface area contributed by atoms with Crippen LogP contribution in [0.15, 0.2) is 102 Å². The summed E-state index contributed by atoms with van der Waals surface area (Å²) >= 11 is 0. The Labute approximate surface area is 197 Å². The molecule has 5 heteroatoms. The largest absolute Gasteiger partial charge is 0.320 e. The van der Waals surface area contributed by atoms with Gasteiger partial charge in [-0.3, -0.25) is 0 Å². The van der Waals surface area contributed by atoms with Crippen molar-refractivity contribution in [2.75, 3.05) is 15.3 Å². The fourth-order valence-corrected chi connectivity index (χ4v) is 5.75. The first-order valence-electron chi connectivity index (χ1n) is 11.1. The zero-order valence-corrected chi connectivity index (χ0v) is 20.5. The smallest absolute Gasteiger partial charge is 0.241 e. The van der Waals surface area contributed by atoms with Gasteiger partial charge in [0, 0.05) is 17.1 Å². The topological polar surface area (TPSA) is 48.5 Å². The normalized spacial score (nSPS) is 11.0. The van der Waals surface area contributed by atoms with Crippen molar-refractivity contribution in [2.24, 2.45) is 4.74 Å². The summed E-state index contributed by atoms with van der Waals surface area (Å²) in [6, 6.07) is 33.6. The molecule has 0 unspecified atom stereocenters. The zero-order chi connectivity index (χ0) is 23.3. The van der Waals surface area contributed by atoms with E-state index in [1.807, 2.05) is 0 Å². The average molecular weight is 455 g/mol. The van der Waals surface area contributed by atoms with Gasteiger partial charge in [-0.1, -0.05) is 70.8 Å². The summed E-state index contributed by atoms with van der Waals surface area (Å²) in [7, 11) is -2.57. The molecule has 4 aromatic rings. The highest BCUT2D eigenvalue weighted by atomic mass is 31.2. The number of nitrogens with zero attached hydrogens (tertiary/aromatic N) is 1. The molecule has 0 saturated heterocycles. The van der Waals surface area contributed by atoms with Crippen LogP contribution in [0.5, 0.6) is 0 Å². The molecule has 0 heterocycles. The van der Waals surface area contributed by atoms with Gasteiger partial charge in [0.15, 0.2) is 0 Å². The van der Waals surface area contributed by atoms with Crippen LogP contribution >= 0.6 is 7.51 Å². The number of hydrogen-bond donors (Lipinski definition) is 3. The minimum Gasteiger partial charge on any atom is -0.320 e. The molecule has 0 fully saturated rings. The Morgan fingerprint density at radius 3 is 1.00 bits per heavy atom. The van der Waals surface area contributed by atoms with Crippen LogP contribution in [0.1, 0.15) is 22.3 Å². The molecule has 0 spiro atoms. The third-order valence-electron chi connectivity index (χ3n) is 5.33. The summed E-state index contributed by atoms with van der Waals surface area (Å²) in [5.74, 6) is 0. The van der Waals surface area contributed by atoms with Crippen LogP contribution in [0.25, 0.3) is 0 Å². The molecule has 0 radical (unpaired) electrons. The molecule has 0 aliphatic carbocycles. The second kappa shape index (κ2) is 9.97. The van der Waals surface area contributed by atoms with Crippen molar-refractivity contribution >= 4 is 30.3 Å². The van der Waals surface area contributed by atoms with E-state index in [9.17, 15) is 0 Å². The number of anilines is 3. The third kappa shape index (κ3) is 6.27. The van der Waals surface area contributed by atoms with E-state index in [0.29, 0.717) is 0 Å². The van der Waals surface area contributed by atoms with Gasteiger partial charge in [0.25, 0.3) is 0 Å². The van der Waals surface area contributed by atoms with E-state index in [-0.39, 0.29) is 0 Å². The van der Waals surface area contributed by atoms with Gasteiger partial charge in [-0.2, -0.15) is 0 Å². The summed E-state index contributed by atoms with van der Waals surface area (Å²) in [4.78, 5) is 0. The van der Waals surface area contributed by atoms with Gasteiger partial charge >= 0.3 is 0 Å². The van der Waals surface area contributed by atoms with Gasteiger partial charge in [-0.05, 0) is 76.2 Å². The number of benzene rings is 4. The maximum Gasteiger partial charge on any atom is 0.241 e. The minimum absolute atomic E-state index is 0.910. The van der Waals surface area contributed by atoms with Crippen LogP contribution in [0, 0.1) is 27.7 Å². The van der Waals surface area contributed by atoms with Crippen LogP contribution in [0.2, 0.25) is 0 Å². The Morgan fingerprint density at radius 2 is 0.697 bits per heavy atom. The van der Waals surface area contributed by atoms with Gasteiger partial charge in [-0.25, -0.2) is 4.74 Å². The van der Waals surface area contributed by atoms with Gasteiger partial charge in [0.1, 0.15) is 0 Å². The van der Waals surface area contributed by atoms with Gasteiger partial charge < -0.3 is 15.3 Å².